The summed E-state index contributed by atoms with van der Waals surface area (Å²) in [5.41, 5.74) is 6.03. The van der Waals surface area contributed by atoms with Gasteiger partial charge in [-0.15, -0.1) is 11.3 Å². The lowest BCUT2D eigenvalue weighted by Crippen LogP contribution is -2.59. The summed E-state index contributed by atoms with van der Waals surface area (Å²) in [5, 5.41) is 34.4. The molecule has 1 aromatic heterocycles. The van der Waals surface area contributed by atoms with Gasteiger partial charge in [0.1, 0.15) is 0 Å². The third-order valence-electron chi connectivity index (χ3n) is 6.04. The van der Waals surface area contributed by atoms with E-state index in [1.165, 1.54) is 11.1 Å². The number of hydrogen-bond donors (Lipinski definition) is 4. The summed E-state index contributed by atoms with van der Waals surface area (Å²) in [7, 11) is 0. The number of carbonyl (C=O) groups excluding carboxylic acids is 1. The van der Waals surface area contributed by atoms with Gasteiger partial charge in [-0.1, -0.05) is 18.6 Å². The second-order valence-corrected chi connectivity index (χ2v) is 10.0. The highest BCUT2D eigenvalue weighted by Gasteiger charge is 2.53. The average molecular weight is 486 g/mol. The van der Waals surface area contributed by atoms with Gasteiger partial charge in [0.15, 0.2) is 5.60 Å². The van der Waals surface area contributed by atoms with Crippen molar-refractivity contribution in [2.45, 2.75) is 70.5 Å². The van der Waals surface area contributed by atoms with Crippen molar-refractivity contribution in [1.29, 1.82) is 0 Å². The smallest absolute Gasteiger partial charge is 0.252 e. The zero-order valence-corrected chi connectivity index (χ0v) is 19.5. The van der Waals surface area contributed by atoms with Gasteiger partial charge in [0.25, 0.3) is 5.91 Å². The van der Waals surface area contributed by atoms with Crippen LogP contribution in [-0.4, -0.2) is 32.9 Å². The van der Waals surface area contributed by atoms with Gasteiger partial charge in [-0.25, -0.2) is 0 Å². The number of aliphatic hydroxyl groups excluding tert-OH is 2. The Hall–Kier alpha value is -1.15. The lowest BCUT2D eigenvalue weighted by Gasteiger charge is -2.38. The zero-order valence-electron chi connectivity index (χ0n) is 17.1. The fraction of sp³-hybridized carbons (Fsp3) is 0.591. The molecule has 0 bridgehead atoms. The van der Waals surface area contributed by atoms with Gasteiger partial charge in [0.05, 0.1) is 15.6 Å². The predicted octanol–water partition coefficient (Wildman–Crippen LogP) is 4.54. The normalized spacial score (nSPS) is 23.4. The highest BCUT2D eigenvalue weighted by molar-refractivity contribution is 9.11. The zero-order chi connectivity index (χ0) is 21.6. The number of rotatable bonds is 10. The predicted molar refractivity (Wildman–Crippen MR) is 121 cm³/mol. The van der Waals surface area contributed by atoms with Crippen LogP contribution in [0.15, 0.2) is 33.2 Å². The minimum absolute atomic E-state index is 0.138. The second kappa shape index (κ2) is 10.8. The van der Waals surface area contributed by atoms with Crippen LogP contribution in [0.2, 0.25) is 0 Å². The first-order valence-electron chi connectivity index (χ1n) is 10.2. The summed E-state index contributed by atoms with van der Waals surface area (Å²) >= 11 is 5.22. The Kier molecular flexibility index (Phi) is 8.94. The van der Waals surface area contributed by atoms with Crippen LogP contribution in [0, 0.1) is 18.8 Å². The van der Waals surface area contributed by atoms with Crippen molar-refractivity contribution < 1.29 is 20.1 Å². The van der Waals surface area contributed by atoms with E-state index in [9.17, 15) is 20.1 Å². The van der Waals surface area contributed by atoms with E-state index >= 15 is 0 Å². The summed E-state index contributed by atoms with van der Waals surface area (Å²) in [6.07, 6.45) is 8.58. The molecule has 0 saturated heterocycles. The Bertz CT molecular complexity index is 760. The van der Waals surface area contributed by atoms with Crippen molar-refractivity contribution in [3.63, 3.8) is 0 Å². The van der Waals surface area contributed by atoms with Crippen LogP contribution in [0.5, 0.6) is 0 Å². The van der Waals surface area contributed by atoms with E-state index in [1.807, 2.05) is 0 Å². The molecule has 0 spiro atoms. The van der Waals surface area contributed by atoms with Crippen molar-refractivity contribution in [2.75, 3.05) is 0 Å². The quantitative estimate of drug-likeness (QED) is 0.221. The standard InChI is InChI=1S/C22H32BrNO4S/c1-3-4-12-19(26)22(28,21(24)27)17-10-7-9-16(17)18(25)11-6-5-8-15-13-29-20(23)14(15)2/h3-4,11,13,16-17,19,25-26,28H,5-10,12H2,1-2H3,(H2,24,27)/b4-3-,18-11+/t16-,17?,19+,22?/m0/s1. The van der Waals surface area contributed by atoms with Gasteiger partial charge >= 0.3 is 0 Å². The van der Waals surface area contributed by atoms with Gasteiger partial charge in [-0.2, -0.15) is 0 Å². The lowest BCUT2D eigenvalue weighted by atomic mass is 9.74. The van der Waals surface area contributed by atoms with Gasteiger partial charge < -0.3 is 21.1 Å². The van der Waals surface area contributed by atoms with E-state index in [2.05, 4.69) is 28.2 Å². The average Bonchev–Trinajstić information content (AvgIpc) is 3.30. The minimum atomic E-state index is -2.05. The number of aliphatic hydroxyl groups is 3. The number of allylic oxidation sites excluding steroid dienone is 3. The first kappa shape index (κ1) is 24.1. The Morgan fingerprint density at radius 2 is 2.21 bits per heavy atom. The molecule has 1 aromatic rings. The van der Waals surface area contributed by atoms with Crippen LogP contribution < -0.4 is 5.73 Å². The maximum absolute atomic E-state index is 12.1. The number of hydrogen-bond acceptors (Lipinski definition) is 5. The fourth-order valence-electron chi connectivity index (χ4n) is 4.25. The molecule has 4 atom stereocenters. The lowest BCUT2D eigenvalue weighted by molar-refractivity contribution is -0.162. The third kappa shape index (κ3) is 5.51. The van der Waals surface area contributed by atoms with E-state index in [1.54, 1.807) is 36.5 Å². The Morgan fingerprint density at radius 1 is 1.48 bits per heavy atom. The van der Waals surface area contributed by atoms with Crippen molar-refractivity contribution in [3.05, 3.63) is 44.3 Å². The molecule has 0 aliphatic heterocycles. The molecule has 1 aliphatic carbocycles. The van der Waals surface area contributed by atoms with Gasteiger partial charge in [0, 0.05) is 11.8 Å². The van der Waals surface area contributed by atoms with E-state index in [4.69, 9.17) is 5.73 Å². The highest BCUT2D eigenvalue weighted by Crippen LogP contribution is 2.44. The molecule has 7 heteroatoms. The van der Waals surface area contributed by atoms with E-state index in [0.29, 0.717) is 19.3 Å². The second-order valence-electron chi connectivity index (χ2n) is 7.83. The Balaban J connectivity index is 2.05. The molecule has 1 heterocycles. The van der Waals surface area contributed by atoms with Crippen molar-refractivity contribution in [2.24, 2.45) is 17.6 Å². The molecule has 0 radical (unpaired) electrons. The molecule has 5 nitrogen and oxygen atoms in total. The molecule has 1 amide bonds. The van der Waals surface area contributed by atoms with Gasteiger partial charge in [-0.05, 0) is 90.9 Å². The highest BCUT2D eigenvalue weighted by atomic mass is 79.9. The molecule has 5 N–H and O–H groups in total. The molecule has 2 unspecified atom stereocenters. The van der Waals surface area contributed by atoms with Crippen LogP contribution in [0.1, 0.15) is 56.6 Å². The minimum Gasteiger partial charge on any atom is -0.512 e. The van der Waals surface area contributed by atoms with Gasteiger partial charge in [-0.3, -0.25) is 4.79 Å². The Labute approximate surface area is 185 Å². The summed E-state index contributed by atoms with van der Waals surface area (Å²) in [6.45, 7) is 3.90. The van der Waals surface area contributed by atoms with E-state index in [-0.39, 0.29) is 18.1 Å². The molecule has 2 rings (SSSR count). The van der Waals surface area contributed by atoms with Crippen molar-refractivity contribution in [3.8, 4) is 0 Å². The van der Waals surface area contributed by atoms with Crippen LogP contribution in [0.25, 0.3) is 0 Å². The number of unbranched alkanes of at least 4 members (excludes halogenated alkanes) is 1. The molecule has 1 aliphatic rings. The molecule has 1 fully saturated rings. The van der Waals surface area contributed by atoms with Crippen LogP contribution in [-0.2, 0) is 11.2 Å². The molecular formula is C22H32BrNO4S. The van der Waals surface area contributed by atoms with Crippen LogP contribution >= 0.6 is 27.3 Å². The van der Waals surface area contributed by atoms with Gasteiger partial charge in [0.2, 0.25) is 0 Å². The van der Waals surface area contributed by atoms with Crippen LogP contribution in [0.4, 0.5) is 0 Å². The number of carbonyl (C=O) groups is 1. The SMILES string of the molecule is C/C=C\C[C@@H](O)C(O)(C(N)=O)C1CCC[C@@H]1/C(O)=C\CCCc1csc(Br)c1C. The molecular weight excluding hydrogens is 454 g/mol. The number of nitrogens with two attached hydrogens (primary N) is 1. The monoisotopic (exact) mass is 485 g/mol. The first-order chi connectivity index (χ1) is 13.7. The number of amides is 1. The van der Waals surface area contributed by atoms with Crippen molar-refractivity contribution >= 4 is 33.2 Å². The summed E-state index contributed by atoms with van der Waals surface area (Å²) in [4.78, 5) is 12.1. The molecule has 1 saturated carbocycles. The summed E-state index contributed by atoms with van der Waals surface area (Å²) < 4.78 is 1.15. The maximum Gasteiger partial charge on any atom is 0.252 e. The third-order valence-corrected chi connectivity index (χ3v) is 8.11. The largest absolute Gasteiger partial charge is 0.512 e. The van der Waals surface area contributed by atoms with Crippen molar-refractivity contribution in [1.82, 2.24) is 0 Å². The number of thiophene rings is 1. The summed E-state index contributed by atoms with van der Waals surface area (Å²) in [5.74, 6) is -1.71. The number of halogens is 1. The maximum atomic E-state index is 12.1. The Morgan fingerprint density at radius 3 is 2.79 bits per heavy atom. The van der Waals surface area contributed by atoms with Crippen LogP contribution in [0.3, 0.4) is 0 Å². The molecule has 162 valence electrons. The molecule has 29 heavy (non-hydrogen) atoms. The van der Waals surface area contributed by atoms with E-state index in [0.717, 1.165) is 23.0 Å². The number of aryl methyl sites for hydroxylation is 1. The molecule has 0 aromatic carbocycles. The first-order valence-corrected chi connectivity index (χ1v) is 11.8. The van der Waals surface area contributed by atoms with E-state index < -0.39 is 23.5 Å². The summed E-state index contributed by atoms with van der Waals surface area (Å²) in [6, 6.07) is 0. The number of primary amides is 1. The topological polar surface area (TPSA) is 104 Å². The fourth-order valence-corrected chi connectivity index (χ4v) is 5.63.